The summed E-state index contributed by atoms with van der Waals surface area (Å²) in [5, 5.41) is 11.2. The molecule has 0 spiro atoms. The molecule has 2 aromatic carbocycles. The Labute approximate surface area is 216 Å². The summed E-state index contributed by atoms with van der Waals surface area (Å²) in [6.07, 6.45) is 6.06. The predicted octanol–water partition coefficient (Wildman–Crippen LogP) is 3.73. The van der Waals surface area contributed by atoms with Crippen molar-refractivity contribution in [3.63, 3.8) is 0 Å². The highest BCUT2D eigenvalue weighted by Crippen LogP contribution is 2.36. The summed E-state index contributed by atoms with van der Waals surface area (Å²) in [5.41, 5.74) is 5.09. The minimum absolute atomic E-state index is 0.138. The number of nitrogens with one attached hydrogen (secondary N) is 1. The van der Waals surface area contributed by atoms with Crippen molar-refractivity contribution in [3.05, 3.63) is 83.6 Å². The van der Waals surface area contributed by atoms with Gasteiger partial charge < -0.3 is 24.8 Å². The number of aliphatic carboxylic acids is 1. The number of Topliss-reactive ketones (excluding diaryl/α,β-unsaturated/α-hetero) is 1. The number of carboxylic acids is 1. The summed E-state index contributed by atoms with van der Waals surface area (Å²) >= 11 is 0. The smallest absolute Gasteiger partial charge is 0.331 e. The Morgan fingerprint density at radius 2 is 1.92 bits per heavy atom. The first kappa shape index (κ1) is 29.0. The summed E-state index contributed by atoms with van der Waals surface area (Å²) in [6, 6.07) is 14.2. The summed E-state index contributed by atoms with van der Waals surface area (Å²) in [5.74, 6) is -1.30. The molecule has 0 aliphatic carbocycles. The SMILES string of the molecule is CCOC(=O)/C=C/CNCCCN1c2ccccc2CC(=O)c2ccc(C)cc21.O=CO/C=C\C(=O)O. The van der Waals surface area contributed by atoms with Crippen molar-refractivity contribution >= 4 is 35.6 Å². The lowest BCUT2D eigenvalue weighted by molar-refractivity contribution is -0.137. The minimum Gasteiger partial charge on any atom is -0.478 e. The van der Waals surface area contributed by atoms with E-state index in [1.807, 2.05) is 30.3 Å². The van der Waals surface area contributed by atoms with E-state index in [-0.39, 0.29) is 18.2 Å². The van der Waals surface area contributed by atoms with Gasteiger partial charge in [0.25, 0.3) is 6.47 Å². The fourth-order valence-corrected chi connectivity index (χ4v) is 3.69. The van der Waals surface area contributed by atoms with Gasteiger partial charge >= 0.3 is 11.9 Å². The number of para-hydroxylation sites is 1. The molecule has 0 radical (unpaired) electrons. The average molecular weight is 509 g/mol. The molecular formula is C28H32N2O7. The van der Waals surface area contributed by atoms with Gasteiger partial charge in [0, 0.05) is 36.8 Å². The lowest BCUT2D eigenvalue weighted by atomic mass is 10.0. The lowest BCUT2D eigenvalue weighted by Crippen LogP contribution is -2.24. The molecule has 9 nitrogen and oxygen atoms in total. The van der Waals surface area contributed by atoms with Crippen LogP contribution in [0.3, 0.4) is 0 Å². The van der Waals surface area contributed by atoms with Crippen molar-refractivity contribution in [1.82, 2.24) is 5.32 Å². The molecule has 196 valence electrons. The molecule has 1 aliphatic rings. The number of carbonyl (C=O) groups excluding carboxylic acids is 3. The zero-order chi connectivity index (χ0) is 27.0. The molecule has 0 unspecified atom stereocenters. The highest BCUT2D eigenvalue weighted by atomic mass is 16.5. The molecule has 9 heteroatoms. The first-order valence-corrected chi connectivity index (χ1v) is 11.9. The van der Waals surface area contributed by atoms with Gasteiger partial charge in [0.1, 0.15) is 6.26 Å². The van der Waals surface area contributed by atoms with Crippen molar-refractivity contribution < 1.29 is 33.8 Å². The number of carbonyl (C=O) groups is 4. The average Bonchev–Trinajstić information content (AvgIpc) is 2.97. The van der Waals surface area contributed by atoms with E-state index in [4.69, 9.17) is 9.84 Å². The number of fused-ring (bicyclic) bond motifs is 2. The van der Waals surface area contributed by atoms with Crippen LogP contribution < -0.4 is 10.2 Å². The second kappa shape index (κ2) is 15.7. The minimum atomic E-state index is -1.15. The number of ketones is 1. The number of hydrogen-bond acceptors (Lipinski definition) is 8. The van der Waals surface area contributed by atoms with Gasteiger partial charge in [-0.1, -0.05) is 30.3 Å². The predicted molar refractivity (Wildman–Crippen MR) is 140 cm³/mol. The quantitative estimate of drug-likeness (QED) is 0.154. The van der Waals surface area contributed by atoms with Crippen molar-refractivity contribution in [1.29, 1.82) is 0 Å². The van der Waals surface area contributed by atoms with Gasteiger partial charge in [-0.2, -0.15) is 0 Å². The molecule has 0 aromatic heterocycles. The number of benzene rings is 2. The van der Waals surface area contributed by atoms with Crippen molar-refractivity contribution in [2.45, 2.75) is 26.7 Å². The molecule has 2 N–H and O–H groups in total. The molecule has 0 atom stereocenters. The van der Waals surface area contributed by atoms with Crippen LogP contribution in [0.2, 0.25) is 0 Å². The third-order valence-electron chi connectivity index (χ3n) is 5.26. The van der Waals surface area contributed by atoms with Crippen LogP contribution in [0.4, 0.5) is 11.4 Å². The molecule has 0 saturated heterocycles. The van der Waals surface area contributed by atoms with Crippen LogP contribution in [0.15, 0.2) is 67.0 Å². The van der Waals surface area contributed by atoms with Crippen molar-refractivity contribution in [2.75, 3.05) is 31.1 Å². The molecular weight excluding hydrogens is 476 g/mol. The normalized spacial score (nSPS) is 12.3. The number of aryl methyl sites for hydroxylation is 1. The van der Waals surface area contributed by atoms with Crippen LogP contribution in [-0.4, -0.2) is 55.5 Å². The van der Waals surface area contributed by atoms with E-state index in [0.29, 0.717) is 25.6 Å². The molecule has 0 bridgehead atoms. The number of nitrogens with zero attached hydrogens (tertiary/aromatic N) is 1. The first-order valence-electron chi connectivity index (χ1n) is 11.9. The van der Waals surface area contributed by atoms with E-state index in [1.165, 1.54) is 6.08 Å². The van der Waals surface area contributed by atoms with Gasteiger partial charge in [-0.3, -0.25) is 9.59 Å². The largest absolute Gasteiger partial charge is 0.478 e. The maximum atomic E-state index is 12.8. The van der Waals surface area contributed by atoms with E-state index in [0.717, 1.165) is 53.8 Å². The second-order valence-electron chi connectivity index (χ2n) is 7.99. The third kappa shape index (κ3) is 9.73. The zero-order valence-corrected chi connectivity index (χ0v) is 21.0. The molecule has 1 heterocycles. The van der Waals surface area contributed by atoms with Crippen molar-refractivity contribution in [3.8, 4) is 0 Å². The van der Waals surface area contributed by atoms with E-state index in [9.17, 15) is 19.2 Å². The number of ether oxygens (including phenoxy) is 2. The third-order valence-corrected chi connectivity index (χ3v) is 5.26. The van der Waals surface area contributed by atoms with Gasteiger partial charge in [0.15, 0.2) is 5.78 Å². The number of esters is 1. The van der Waals surface area contributed by atoms with Gasteiger partial charge in [0.05, 0.1) is 18.4 Å². The van der Waals surface area contributed by atoms with Crippen LogP contribution >= 0.6 is 0 Å². The van der Waals surface area contributed by atoms with E-state index < -0.39 is 5.97 Å². The molecule has 3 rings (SSSR count). The maximum absolute atomic E-state index is 12.8. The molecule has 0 fully saturated rings. The molecule has 2 aromatic rings. The zero-order valence-electron chi connectivity index (χ0n) is 21.0. The van der Waals surface area contributed by atoms with E-state index in [1.54, 1.807) is 13.0 Å². The van der Waals surface area contributed by atoms with Crippen molar-refractivity contribution in [2.24, 2.45) is 0 Å². The lowest BCUT2D eigenvalue weighted by Gasteiger charge is -2.27. The monoisotopic (exact) mass is 508 g/mol. The Morgan fingerprint density at radius 3 is 2.65 bits per heavy atom. The molecule has 0 saturated carbocycles. The van der Waals surface area contributed by atoms with Gasteiger partial charge in [0.2, 0.25) is 0 Å². The highest BCUT2D eigenvalue weighted by Gasteiger charge is 2.24. The number of hydrogen-bond donors (Lipinski definition) is 2. The van der Waals surface area contributed by atoms with Crippen LogP contribution in [-0.2, 0) is 30.3 Å². The van der Waals surface area contributed by atoms with Gasteiger partial charge in [-0.25, -0.2) is 9.59 Å². The number of rotatable bonds is 11. The number of anilines is 2. The fraction of sp³-hybridized carbons (Fsp3) is 0.286. The Hall–Kier alpha value is -4.24. The van der Waals surface area contributed by atoms with E-state index in [2.05, 4.69) is 34.0 Å². The van der Waals surface area contributed by atoms with E-state index >= 15 is 0 Å². The summed E-state index contributed by atoms with van der Waals surface area (Å²) in [6.45, 7) is 6.59. The maximum Gasteiger partial charge on any atom is 0.331 e. The Morgan fingerprint density at radius 1 is 1.14 bits per heavy atom. The summed E-state index contributed by atoms with van der Waals surface area (Å²) < 4.78 is 8.76. The van der Waals surface area contributed by atoms with Crippen LogP contribution in [0, 0.1) is 6.92 Å². The second-order valence-corrected chi connectivity index (χ2v) is 7.99. The summed E-state index contributed by atoms with van der Waals surface area (Å²) in [4.78, 5) is 45.3. The highest BCUT2D eigenvalue weighted by molar-refractivity contribution is 6.05. The van der Waals surface area contributed by atoms with Crippen LogP contribution in [0.5, 0.6) is 0 Å². The standard InChI is InChI=1S/C24H28N2O3.C4H4O4/c1-3-29-24(28)10-6-13-25-14-7-15-26-21-9-5-4-8-19(21)17-23(27)20-12-11-18(2)16-22(20)26;5-3-8-2-1-4(6)7/h4-6,8-12,16,25H,3,7,13-15,17H2,1-2H3;1-3H,(H,6,7)/b10-6+;2-1-. The summed E-state index contributed by atoms with van der Waals surface area (Å²) in [7, 11) is 0. The number of carboxylic acid groups (broad SMARTS) is 1. The molecule has 37 heavy (non-hydrogen) atoms. The fourth-order valence-electron chi connectivity index (χ4n) is 3.69. The van der Waals surface area contributed by atoms with Crippen LogP contribution in [0.25, 0.3) is 0 Å². The van der Waals surface area contributed by atoms with Gasteiger partial charge in [-0.15, -0.1) is 0 Å². The molecule has 0 amide bonds. The topological polar surface area (TPSA) is 122 Å². The Balaban J connectivity index is 0.000000521. The van der Waals surface area contributed by atoms with Crippen LogP contribution in [0.1, 0.15) is 34.8 Å². The first-order chi connectivity index (χ1) is 17.9. The molecule has 1 aliphatic heterocycles. The Kier molecular flexibility index (Phi) is 12.3. The Bertz CT molecular complexity index is 1140. The van der Waals surface area contributed by atoms with Gasteiger partial charge in [-0.05, 0) is 56.1 Å².